The molecule has 0 atom stereocenters. The van der Waals surface area contributed by atoms with E-state index in [1.165, 1.54) is 45.8 Å². The number of aryl methyl sites for hydroxylation is 1. The predicted octanol–water partition coefficient (Wildman–Crippen LogP) is 7.12. The first kappa shape index (κ1) is 19.3. The first-order valence-corrected chi connectivity index (χ1v) is 10.1. The lowest BCUT2D eigenvalue weighted by molar-refractivity contribution is 0.587. The molecule has 0 radical (unpaired) electrons. The van der Waals surface area contributed by atoms with Crippen LogP contribution in [0.5, 0.6) is 0 Å². The normalized spacial score (nSPS) is 11.3. The van der Waals surface area contributed by atoms with Gasteiger partial charge >= 0.3 is 0 Å². The van der Waals surface area contributed by atoms with Gasteiger partial charge in [0.25, 0.3) is 0 Å². The number of aromatic nitrogens is 2. The Morgan fingerprint density at radius 1 is 0.667 bits per heavy atom. The summed E-state index contributed by atoms with van der Waals surface area (Å²) < 4.78 is 0. The van der Waals surface area contributed by atoms with E-state index in [-0.39, 0.29) is 0 Å². The lowest BCUT2D eigenvalue weighted by atomic mass is 10.0. The molecule has 0 amide bonds. The lowest BCUT2D eigenvalue weighted by Crippen LogP contribution is -1.93. The molecule has 2 aromatic carbocycles. The Labute approximate surface area is 163 Å². The van der Waals surface area contributed by atoms with Gasteiger partial charge in [-0.05, 0) is 77.3 Å². The number of fused-ring (bicyclic) bond motifs is 2. The van der Waals surface area contributed by atoms with Crippen molar-refractivity contribution in [1.29, 1.82) is 0 Å². The minimum absolute atomic E-state index is 0.729. The molecule has 2 N–H and O–H groups in total. The largest absolute Gasteiger partial charge is 0.361 e. The van der Waals surface area contributed by atoms with Crippen molar-refractivity contribution < 1.29 is 0 Å². The average Bonchev–Trinajstić information content (AvgIpc) is 3.28. The first-order valence-electron chi connectivity index (χ1n) is 10.1. The second-order valence-corrected chi connectivity index (χ2v) is 8.33. The Morgan fingerprint density at radius 3 is 1.78 bits per heavy atom. The van der Waals surface area contributed by atoms with Crippen LogP contribution >= 0.6 is 0 Å². The Bertz CT molecular complexity index is 972. The van der Waals surface area contributed by atoms with Crippen molar-refractivity contribution in [3.63, 3.8) is 0 Å². The van der Waals surface area contributed by atoms with Crippen LogP contribution in [0.15, 0.2) is 60.9 Å². The van der Waals surface area contributed by atoms with Gasteiger partial charge in [0.15, 0.2) is 0 Å². The maximum Gasteiger partial charge on any atom is 0.0456 e. The van der Waals surface area contributed by atoms with E-state index in [0.29, 0.717) is 0 Å². The van der Waals surface area contributed by atoms with E-state index in [0.717, 1.165) is 18.3 Å². The zero-order valence-corrected chi connectivity index (χ0v) is 17.0. The Hall–Kier alpha value is -2.48. The van der Waals surface area contributed by atoms with Crippen LogP contribution in [-0.4, -0.2) is 9.97 Å². The van der Waals surface area contributed by atoms with Gasteiger partial charge in [-0.3, -0.25) is 0 Å². The van der Waals surface area contributed by atoms with E-state index >= 15 is 0 Å². The molecule has 4 rings (SSSR count). The van der Waals surface area contributed by atoms with Crippen molar-refractivity contribution in [3.8, 4) is 0 Å². The van der Waals surface area contributed by atoms with E-state index in [1.54, 1.807) is 0 Å². The SMILES string of the molecule is CC(C)CCc1ccc2cc[nH]c2c1.CC(C)Cc1ccc2cc[nH]c2c1. The highest BCUT2D eigenvalue weighted by atomic mass is 14.7. The fraction of sp³-hybridized carbons (Fsp3) is 0.360. The van der Waals surface area contributed by atoms with E-state index < -0.39 is 0 Å². The molecule has 4 aromatic rings. The number of H-pyrrole nitrogens is 2. The molecule has 2 aromatic heterocycles. The summed E-state index contributed by atoms with van der Waals surface area (Å²) in [6, 6.07) is 17.6. The summed E-state index contributed by atoms with van der Waals surface area (Å²) in [5.74, 6) is 1.52. The van der Waals surface area contributed by atoms with Gasteiger partial charge in [-0.2, -0.15) is 0 Å². The quantitative estimate of drug-likeness (QED) is 0.379. The van der Waals surface area contributed by atoms with Gasteiger partial charge in [-0.1, -0.05) is 52.0 Å². The molecular weight excluding hydrogens is 328 g/mol. The van der Waals surface area contributed by atoms with Crippen molar-refractivity contribution in [1.82, 2.24) is 9.97 Å². The molecule has 0 spiro atoms. The zero-order chi connectivity index (χ0) is 19.2. The van der Waals surface area contributed by atoms with Gasteiger partial charge in [0.1, 0.15) is 0 Å². The van der Waals surface area contributed by atoms with Crippen LogP contribution in [0.1, 0.15) is 45.2 Å². The third kappa shape index (κ3) is 5.50. The van der Waals surface area contributed by atoms with Gasteiger partial charge in [0, 0.05) is 23.4 Å². The number of hydrogen-bond donors (Lipinski definition) is 2. The van der Waals surface area contributed by atoms with Gasteiger partial charge in [-0.15, -0.1) is 0 Å². The molecule has 0 saturated carbocycles. The van der Waals surface area contributed by atoms with Crippen molar-refractivity contribution in [3.05, 3.63) is 72.1 Å². The highest BCUT2D eigenvalue weighted by molar-refractivity contribution is 5.80. The molecule has 0 unspecified atom stereocenters. The van der Waals surface area contributed by atoms with Gasteiger partial charge in [-0.25, -0.2) is 0 Å². The summed E-state index contributed by atoms with van der Waals surface area (Å²) in [5, 5.41) is 2.60. The third-order valence-corrected chi connectivity index (χ3v) is 4.89. The van der Waals surface area contributed by atoms with E-state index in [1.807, 2.05) is 12.4 Å². The van der Waals surface area contributed by atoms with Crippen molar-refractivity contribution in [2.24, 2.45) is 11.8 Å². The first-order chi connectivity index (χ1) is 13.0. The maximum atomic E-state index is 3.25. The van der Waals surface area contributed by atoms with Gasteiger partial charge < -0.3 is 9.97 Å². The van der Waals surface area contributed by atoms with E-state index in [2.05, 4.69) is 86.2 Å². The van der Waals surface area contributed by atoms with Crippen molar-refractivity contribution in [2.75, 3.05) is 0 Å². The molecule has 27 heavy (non-hydrogen) atoms. The second-order valence-electron chi connectivity index (χ2n) is 8.33. The number of benzene rings is 2. The number of rotatable bonds is 5. The Balaban J connectivity index is 0.000000156. The summed E-state index contributed by atoms with van der Waals surface area (Å²) in [6.07, 6.45) is 7.61. The standard InChI is InChI=1S/C13H17N.C12H15N/c1-10(2)3-4-11-5-6-12-7-8-14-13(12)9-11;1-9(2)7-10-3-4-11-5-6-13-12(11)8-10/h5-10,14H,3-4H2,1-2H3;3-6,8-9,13H,7H2,1-2H3. The highest BCUT2D eigenvalue weighted by Crippen LogP contribution is 2.17. The van der Waals surface area contributed by atoms with Crippen LogP contribution in [0.25, 0.3) is 21.8 Å². The van der Waals surface area contributed by atoms with Crippen LogP contribution in [0.3, 0.4) is 0 Å². The molecule has 0 aliphatic carbocycles. The van der Waals surface area contributed by atoms with Gasteiger partial charge in [0.2, 0.25) is 0 Å². The van der Waals surface area contributed by atoms with E-state index in [4.69, 9.17) is 0 Å². The molecule has 0 bridgehead atoms. The molecule has 142 valence electrons. The predicted molar refractivity (Wildman–Crippen MR) is 118 cm³/mol. The molecule has 2 heterocycles. The third-order valence-electron chi connectivity index (χ3n) is 4.89. The lowest BCUT2D eigenvalue weighted by Gasteiger charge is -2.04. The average molecular weight is 361 g/mol. The second kappa shape index (κ2) is 8.94. The molecule has 2 heteroatoms. The number of nitrogens with one attached hydrogen (secondary N) is 2. The smallest absolute Gasteiger partial charge is 0.0456 e. The highest BCUT2D eigenvalue weighted by Gasteiger charge is 2.00. The number of aromatic amines is 2. The van der Waals surface area contributed by atoms with Gasteiger partial charge in [0.05, 0.1) is 0 Å². The Morgan fingerprint density at radius 2 is 1.22 bits per heavy atom. The molecular formula is C25H32N2. The summed E-state index contributed by atoms with van der Waals surface area (Å²) in [6.45, 7) is 9.04. The molecule has 0 aliphatic rings. The minimum atomic E-state index is 0.729. The van der Waals surface area contributed by atoms with Crippen LogP contribution < -0.4 is 0 Å². The maximum absolute atomic E-state index is 3.25. The topological polar surface area (TPSA) is 31.6 Å². The monoisotopic (exact) mass is 360 g/mol. The van der Waals surface area contributed by atoms with Crippen LogP contribution in [0.4, 0.5) is 0 Å². The Kier molecular flexibility index (Phi) is 6.39. The fourth-order valence-electron chi connectivity index (χ4n) is 3.40. The summed E-state index contributed by atoms with van der Waals surface area (Å²) >= 11 is 0. The van der Waals surface area contributed by atoms with E-state index in [9.17, 15) is 0 Å². The molecule has 0 aliphatic heterocycles. The van der Waals surface area contributed by atoms with Crippen LogP contribution in [-0.2, 0) is 12.8 Å². The molecule has 0 saturated heterocycles. The van der Waals surface area contributed by atoms with Crippen LogP contribution in [0.2, 0.25) is 0 Å². The number of hydrogen-bond acceptors (Lipinski definition) is 0. The van der Waals surface area contributed by atoms with Crippen molar-refractivity contribution >= 4 is 21.8 Å². The zero-order valence-electron chi connectivity index (χ0n) is 17.0. The van der Waals surface area contributed by atoms with Crippen LogP contribution in [0, 0.1) is 11.8 Å². The van der Waals surface area contributed by atoms with Crippen molar-refractivity contribution in [2.45, 2.75) is 47.0 Å². The summed E-state index contributed by atoms with van der Waals surface area (Å²) in [7, 11) is 0. The molecule has 2 nitrogen and oxygen atoms in total. The summed E-state index contributed by atoms with van der Waals surface area (Å²) in [5.41, 5.74) is 5.36. The fourth-order valence-corrected chi connectivity index (χ4v) is 3.40. The molecule has 0 fully saturated rings. The summed E-state index contributed by atoms with van der Waals surface area (Å²) in [4.78, 5) is 6.48. The minimum Gasteiger partial charge on any atom is -0.361 e.